The Kier molecular flexibility index (Phi) is 4.83. The third kappa shape index (κ3) is 3.28. The standard InChI is InChI=1S/C15H20ClNO2/c1-11-6-7-12(16)10-14(11)15(19)17(8-3-9-18)13-4-2-5-13/h6-7,10,13,18H,2-5,8-9H2,1H3. The molecule has 1 aromatic carbocycles. The molecule has 0 saturated heterocycles. The molecule has 2 rings (SSSR count). The summed E-state index contributed by atoms with van der Waals surface area (Å²) >= 11 is 5.99. The largest absolute Gasteiger partial charge is 0.396 e. The number of benzene rings is 1. The van der Waals surface area contributed by atoms with E-state index >= 15 is 0 Å². The molecular weight excluding hydrogens is 262 g/mol. The Morgan fingerprint density at radius 2 is 2.21 bits per heavy atom. The van der Waals surface area contributed by atoms with Gasteiger partial charge in [0.05, 0.1) is 0 Å². The molecule has 0 aliphatic heterocycles. The van der Waals surface area contributed by atoms with Gasteiger partial charge in [0.15, 0.2) is 0 Å². The lowest BCUT2D eigenvalue weighted by atomic mass is 9.90. The Morgan fingerprint density at radius 3 is 2.79 bits per heavy atom. The van der Waals surface area contributed by atoms with Crippen LogP contribution in [0.25, 0.3) is 0 Å². The maximum atomic E-state index is 12.6. The van der Waals surface area contributed by atoms with Gasteiger partial charge in [-0.15, -0.1) is 0 Å². The first-order chi connectivity index (χ1) is 9.13. The lowest BCUT2D eigenvalue weighted by Crippen LogP contribution is -2.45. The van der Waals surface area contributed by atoms with Crippen molar-refractivity contribution in [2.45, 2.75) is 38.6 Å². The number of carbonyl (C=O) groups excluding carboxylic acids is 1. The highest BCUT2D eigenvalue weighted by Gasteiger charge is 2.29. The monoisotopic (exact) mass is 281 g/mol. The first kappa shape index (κ1) is 14.4. The lowest BCUT2D eigenvalue weighted by molar-refractivity contribution is 0.0562. The van der Waals surface area contributed by atoms with E-state index in [1.54, 1.807) is 12.1 Å². The first-order valence-electron chi connectivity index (χ1n) is 6.81. The summed E-state index contributed by atoms with van der Waals surface area (Å²) in [5, 5.41) is 9.57. The number of nitrogens with zero attached hydrogens (tertiary/aromatic N) is 1. The zero-order valence-electron chi connectivity index (χ0n) is 11.2. The second-order valence-corrected chi connectivity index (χ2v) is 5.56. The van der Waals surface area contributed by atoms with Crippen molar-refractivity contribution in [3.8, 4) is 0 Å². The summed E-state index contributed by atoms with van der Waals surface area (Å²) in [7, 11) is 0. The predicted molar refractivity (Wildman–Crippen MR) is 76.6 cm³/mol. The van der Waals surface area contributed by atoms with Gasteiger partial charge in [-0.25, -0.2) is 0 Å². The lowest BCUT2D eigenvalue weighted by Gasteiger charge is -2.38. The third-order valence-corrected chi connectivity index (χ3v) is 4.00. The highest BCUT2D eigenvalue weighted by molar-refractivity contribution is 6.31. The smallest absolute Gasteiger partial charge is 0.254 e. The van der Waals surface area contributed by atoms with E-state index in [0.29, 0.717) is 29.6 Å². The fourth-order valence-corrected chi connectivity index (χ4v) is 2.54. The molecule has 0 unspecified atom stereocenters. The van der Waals surface area contributed by atoms with Gasteiger partial charge in [0, 0.05) is 29.8 Å². The summed E-state index contributed by atoms with van der Waals surface area (Å²) in [5.74, 6) is 0.0400. The van der Waals surface area contributed by atoms with Gasteiger partial charge in [-0.1, -0.05) is 17.7 Å². The van der Waals surface area contributed by atoms with Gasteiger partial charge >= 0.3 is 0 Å². The van der Waals surface area contributed by atoms with Crippen LogP contribution in [0.5, 0.6) is 0 Å². The summed E-state index contributed by atoms with van der Waals surface area (Å²) in [4.78, 5) is 14.5. The van der Waals surface area contributed by atoms with Crippen molar-refractivity contribution in [2.24, 2.45) is 0 Å². The maximum Gasteiger partial charge on any atom is 0.254 e. The molecule has 1 saturated carbocycles. The van der Waals surface area contributed by atoms with Crippen LogP contribution in [0.3, 0.4) is 0 Å². The molecule has 104 valence electrons. The number of aliphatic hydroxyl groups is 1. The van der Waals surface area contributed by atoms with E-state index in [-0.39, 0.29) is 12.5 Å². The number of hydrogen-bond donors (Lipinski definition) is 1. The molecule has 19 heavy (non-hydrogen) atoms. The molecule has 0 heterocycles. The van der Waals surface area contributed by atoms with Crippen LogP contribution in [0.2, 0.25) is 5.02 Å². The van der Waals surface area contributed by atoms with Gasteiger partial charge in [0.1, 0.15) is 0 Å². The average molecular weight is 282 g/mol. The Hall–Kier alpha value is -1.06. The van der Waals surface area contributed by atoms with E-state index in [1.807, 2.05) is 17.9 Å². The van der Waals surface area contributed by atoms with Crippen molar-refractivity contribution < 1.29 is 9.90 Å². The fraction of sp³-hybridized carbons (Fsp3) is 0.533. The fourth-order valence-electron chi connectivity index (χ4n) is 2.37. The molecule has 1 aliphatic carbocycles. The van der Waals surface area contributed by atoms with Crippen molar-refractivity contribution in [3.05, 3.63) is 34.3 Å². The Morgan fingerprint density at radius 1 is 1.47 bits per heavy atom. The van der Waals surface area contributed by atoms with Crippen molar-refractivity contribution in [2.75, 3.05) is 13.2 Å². The minimum absolute atomic E-state index is 0.0400. The zero-order valence-corrected chi connectivity index (χ0v) is 12.0. The number of amides is 1. The number of aliphatic hydroxyl groups excluding tert-OH is 1. The Bertz CT molecular complexity index is 457. The zero-order chi connectivity index (χ0) is 13.8. The number of hydrogen-bond acceptors (Lipinski definition) is 2. The van der Waals surface area contributed by atoms with Gasteiger partial charge in [0.25, 0.3) is 5.91 Å². The minimum atomic E-state index is 0.0400. The summed E-state index contributed by atoms with van der Waals surface area (Å²) < 4.78 is 0. The summed E-state index contributed by atoms with van der Waals surface area (Å²) in [6.07, 6.45) is 3.94. The van der Waals surface area contributed by atoms with Crippen LogP contribution in [0, 0.1) is 6.92 Å². The molecule has 0 aromatic heterocycles. The second kappa shape index (κ2) is 6.40. The SMILES string of the molecule is Cc1ccc(Cl)cc1C(=O)N(CCCO)C1CCC1. The van der Waals surface area contributed by atoms with Crippen LogP contribution in [0.4, 0.5) is 0 Å². The van der Waals surface area contributed by atoms with Crippen molar-refractivity contribution in [3.63, 3.8) is 0 Å². The van der Waals surface area contributed by atoms with Gasteiger partial charge in [-0.2, -0.15) is 0 Å². The molecule has 1 N–H and O–H groups in total. The molecule has 1 aromatic rings. The highest BCUT2D eigenvalue weighted by atomic mass is 35.5. The van der Waals surface area contributed by atoms with E-state index in [2.05, 4.69) is 0 Å². The molecule has 3 nitrogen and oxygen atoms in total. The van der Waals surface area contributed by atoms with Gasteiger partial charge in [-0.3, -0.25) is 4.79 Å². The first-order valence-corrected chi connectivity index (χ1v) is 7.19. The topological polar surface area (TPSA) is 40.5 Å². The average Bonchev–Trinajstić information content (AvgIpc) is 2.34. The number of carbonyl (C=O) groups is 1. The van der Waals surface area contributed by atoms with E-state index in [0.717, 1.165) is 18.4 Å². The van der Waals surface area contributed by atoms with Crippen LogP contribution in [-0.4, -0.2) is 35.1 Å². The second-order valence-electron chi connectivity index (χ2n) is 5.12. The summed E-state index contributed by atoms with van der Waals surface area (Å²) in [5.41, 5.74) is 1.63. The van der Waals surface area contributed by atoms with Crippen molar-refractivity contribution in [1.29, 1.82) is 0 Å². The van der Waals surface area contributed by atoms with E-state index < -0.39 is 0 Å². The maximum absolute atomic E-state index is 12.6. The predicted octanol–water partition coefficient (Wildman–Crippen LogP) is 3.03. The van der Waals surface area contributed by atoms with Gasteiger partial charge in [0.2, 0.25) is 0 Å². The molecule has 1 aliphatic rings. The van der Waals surface area contributed by atoms with Crippen LogP contribution >= 0.6 is 11.6 Å². The van der Waals surface area contributed by atoms with Crippen LogP contribution in [0.15, 0.2) is 18.2 Å². The molecular formula is C15H20ClNO2. The van der Waals surface area contributed by atoms with Gasteiger partial charge in [-0.05, 0) is 50.3 Å². The van der Waals surface area contributed by atoms with Crippen molar-refractivity contribution in [1.82, 2.24) is 4.90 Å². The number of aryl methyl sites for hydroxylation is 1. The summed E-state index contributed by atoms with van der Waals surface area (Å²) in [6.45, 7) is 2.66. The molecule has 4 heteroatoms. The van der Waals surface area contributed by atoms with Crippen molar-refractivity contribution >= 4 is 17.5 Å². The van der Waals surface area contributed by atoms with E-state index in [4.69, 9.17) is 16.7 Å². The Balaban J connectivity index is 2.19. The molecule has 0 spiro atoms. The van der Waals surface area contributed by atoms with Gasteiger partial charge < -0.3 is 10.0 Å². The minimum Gasteiger partial charge on any atom is -0.396 e. The van der Waals surface area contributed by atoms with E-state index in [9.17, 15) is 4.79 Å². The normalized spacial score (nSPS) is 15.1. The summed E-state index contributed by atoms with van der Waals surface area (Å²) in [6, 6.07) is 5.75. The molecule has 0 atom stereocenters. The molecule has 1 amide bonds. The quantitative estimate of drug-likeness (QED) is 0.901. The number of rotatable bonds is 5. The van der Waals surface area contributed by atoms with Crippen LogP contribution in [-0.2, 0) is 0 Å². The number of halogens is 1. The molecule has 0 bridgehead atoms. The van der Waals surface area contributed by atoms with Crippen LogP contribution < -0.4 is 0 Å². The molecule has 0 radical (unpaired) electrons. The molecule has 1 fully saturated rings. The van der Waals surface area contributed by atoms with E-state index in [1.165, 1.54) is 6.42 Å². The third-order valence-electron chi connectivity index (χ3n) is 3.76. The highest BCUT2D eigenvalue weighted by Crippen LogP contribution is 2.27. The Labute approximate surface area is 119 Å². The van der Waals surface area contributed by atoms with Crippen LogP contribution in [0.1, 0.15) is 41.6 Å².